The number of rotatable bonds is 2. The summed E-state index contributed by atoms with van der Waals surface area (Å²) in [5, 5.41) is 26.3. The summed E-state index contributed by atoms with van der Waals surface area (Å²) in [6.45, 7) is 1.32. The lowest BCUT2D eigenvalue weighted by atomic mass is 10.1. The molecule has 0 saturated heterocycles. The van der Waals surface area contributed by atoms with E-state index < -0.39 is 34.0 Å². The summed E-state index contributed by atoms with van der Waals surface area (Å²) in [5.41, 5.74) is -1.50. The third kappa shape index (κ3) is 2.20. The minimum atomic E-state index is -1.57. The maximum Gasteiger partial charge on any atom is 0.340 e. The van der Waals surface area contributed by atoms with Crippen LogP contribution in [-0.2, 0) is 0 Å². The van der Waals surface area contributed by atoms with E-state index in [1.54, 1.807) is 0 Å². The number of aromatic nitrogens is 1. The number of hydrogen-bond donors (Lipinski definition) is 3. The highest BCUT2D eigenvalue weighted by atomic mass is 35.5. The molecule has 0 spiro atoms. The van der Waals surface area contributed by atoms with Crippen molar-refractivity contribution < 1.29 is 30.4 Å². The number of nitrogens with zero attached hydrogens (tertiary/aromatic N) is 1. The summed E-state index contributed by atoms with van der Waals surface area (Å²) < 4.78 is 0. The molecule has 1 aromatic rings. The number of carbonyl (C=O) groups is 2. The van der Waals surface area contributed by atoms with Crippen molar-refractivity contribution in [3.05, 3.63) is 22.0 Å². The normalized spacial score (nSPS) is 9.38. The van der Waals surface area contributed by atoms with Crippen LogP contribution >= 0.6 is 11.6 Å². The fourth-order valence-corrected chi connectivity index (χ4v) is 1.36. The van der Waals surface area contributed by atoms with Crippen LogP contribution in [-0.4, -0.2) is 37.7 Å². The van der Waals surface area contributed by atoms with Crippen molar-refractivity contribution in [2.45, 2.75) is 6.92 Å². The van der Waals surface area contributed by atoms with Gasteiger partial charge in [0.25, 0.3) is 0 Å². The van der Waals surface area contributed by atoms with Crippen LogP contribution in [0.3, 0.4) is 0 Å². The number of carboxylic acid groups (broad SMARTS) is 2. The van der Waals surface area contributed by atoms with Crippen molar-refractivity contribution in [1.29, 1.82) is 0 Å². The molecular weight excluding hydrogens is 242 g/mol. The number of aryl methyl sites for hydroxylation is 1. The van der Waals surface area contributed by atoms with Crippen LogP contribution in [0.5, 0.6) is 5.75 Å². The highest BCUT2D eigenvalue weighted by molar-refractivity contribution is 6.33. The molecule has 0 unspecified atom stereocenters. The second-order valence-corrected chi connectivity index (χ2v) is 3.05. The molecule has 0 bridgehead atoms. The molecule has 0 aliphatic heterocycles. The van der Waals surface area contributed by atoms with Crippen LogP contribution in [0.15, 0.2) is 0 Å². The van der Waals surface area contributed by atoms with Crippen molar-refractivity contribution in [3.8, 4) is 5.75 Å². The summed E-state index contributed by atoms with van der Waals surface area (Å²) in [6, 6.07) is 0. The maximum atomic E-state index is 10.7. The van der Waals surface area contributed by atoms with E-state index in [1.807, 2.05) is 0 Å². The van der Waals surface area contributed by atoms with Crippen molar-refractivity contribution in [2.75, 3.05) is 0 Å². The van der Waals surface area contributed by atoms with Gasteiger partial charge in [-0.3, -0.25) is 0 Å². The van der Waals surface area contributed by atoms with Crippen LogP contribution in [0.1, 0.15) is 26.4 Å². The van der Waals surface area contributed by atoms with Gasteiger partial charge in [-0.15, -0.1) is 0 Å². The fraction of sp³-hybridized carbons (Fsp3) is 0.125. The Hall–Kier alpha value is -1.86. The number of aromatic hydroxyl groups is 1. The lowest BCUT2D eigenvalue weighted by molar-refractivity contribution is 0.0647. The molecule has 1 rings (SSSR count). The van der Waals surface area contributed by atoms with Gasteiger partial charge in [0.2, 0.25) is 0 Å². The molecule has 88 valence electrons. The number of aromatic carboxylic acids is 2. The minimum absolute atomic E-state index is 0. The van der Waals surface area contributed by atoms with Crippen molar-refractivity contribution in [3.63, 3.8) is 0 Å². The van der Waals surface area contributed by atoms with E-state index in [0.717, 1.165) is 0 Å². The molecule has 1 aromatic heterocycles. The number of pyridine rings is 1. The first-order valence-electron chi connectivity index (χ1n) is 3.72. The zero-order valence-corrected chi connectivity index (χ0v) is 8.74. The van der Waals surface area contributed by atoms with Gasteiger partial charge in [0.1, 0.15) is 16.3 Å². The van der Waals surface area contributed by atoms with Crippen LogP contribution in [0.25, 0.3) is 0 Å². The van der Waals surface area contributed by atoms with Crippen LogP contribution in [0, 0.1) is 6.92 Å². The van der Waals surface area contributed by atoms with Gasteiger partial charge in [0, 0.05) is 0 Å². The Morgan fingerprint density at radius 3 is 2.00 bits per heavy atom. The van der Waals surface area contributed by atoms with Gasteiger partial charge >= 0.3 is 11.9 Å². The topological polar surface area (TPSA) is 139 Å². The lowest BCUT2D eigenvalue weighted by Crippen LogP contribution is -2.11. The predicted molar refractivity (Wildman–Crippen MR) is 53.2 cm³/mol. The van der Waals surface area contributed by atoms with Crippen molar-refractivity contribution in [2.24, 2.45) is 0 Å². The Balaban J connectivity index is 0.00000225. The highest BCUT2D eigenvalue weighted by Gasteiger charge is 2.26. The third-order valence-corrected chi connectivity index (χ3v) is 2.00. The Morgan fingerprint density at radius 1 is 1.19 bits per heavy atom. The lowest BCUT2D eigenvalue weighted by Gasteiger charge is -2.07. The molecule has 0 aliphatic carbocycles. The molecule has 16 heavy (non-hydrogen) atoms. The molecule has 0 atom stereocenters. The second kappa shape index (κ2) is 4.77. The zero-order valence-electron chi connectivity index (χ0n) is 7.98. The number of hydrogen-bond acceptors (Lipinski definition) is 4. The summed E-state index contributed by atoms with van der Waals surface area (Å²) in [5.74, 6) is -3.82. The van der Waals surface area contributed by atoms with Gasteiger partial charge in [0.15, 0.2) is 5.75 Å². The molecule has 0 radical (unpaired) electrons. The monoisotopic (exact) mass is 249 g/mol. The van der Waals surface area contributed by atoms with E-state index >= 15 is 0 Å². The Labute approximate surface area is 94.2 Å². The molecule has 0 aliphatic rings. The largest absolute Gasteiger partial charge is 0.505 e. The third-order valence-electron chi connectivity index (χ3n) is 1.73. The predicted octanol–water partition coefficient (Wildman–Crippen LogP) is 0.321. The zero-order chi connectivity index (χ0) is 11.7. The van der Waals surface area contributed by atoms with Crippen LogP contribution in [0.2, 0.25) is 5.15 Å². The van der Waals surface area contributed by atoms with Gasteiger partial charge < -0.3 is 20.8 Å². The van der Waals surface area contributed by atoms with Crippen molar-refractivity contribution in [1.82, 2.24) is 4.98 Å². The SMILES string of the molecule is Cc1nc(Cl)c(C(=O)O)c(C(=O)O)c1O.O. The highest BCUT2D eigenvalue weighted by Crippen LogP contribution is 2.28. The van der Waals surface area contributed by atoms with E-state index in [4.69, 9.17) is 21.8 Å². The van der Waals surface area contributed by atoms with E-state index in [2.05, 4.69) is 4.98 Å². The van der Waals surface area contributed by atoms with Gasteiger partial charge in [-0.25, -0.2) is 14.6 Å². The van der Waals surface area contributed by atoms with Gasteiger partial charge in [0.05, 0.1) is 5.69 Å². The molecule has 7 nitrogen and oxygen atoms in total. The summed E-state index contributed by atoms with van der Waals surface area (Å²) in [4.78, 5) is 25.0. The Kier molecular flexibility index (Phi) is 4.22. The van der Waals surface area contributed by atoms with Crippen LogP contribution < -0.4 is 0 Å². The average Bonchev–Trinajstić information content (AvgIpc) is 2.09. The van der Waals surface area contributed by atoms with E-state index in [1.165, 1.54) is 6.92 Å². The molecule has 5 N–H and O–H groups in total. The molecule has 0 fully saturated rings. The van der Waals surface area contributed by atoms with Crippen LogP contribution in [0.4, 0.5) is 0 Å². The molecule has 0 aromatic carbocycles. The van der Waals surface area contributed by atoms with Crippen molar-refractivity contribution >= 4 is 23.5 Å². The van der Waals surface area contributed by atoms with Gasteiger partial charge in [-0.2, -0.15) is 0 Å². The average molecular weight is 250 g/mol. The summed E-state index contributed by atoms with van der Waals surface area (Å²) in [7, 11) is 0. The fourth-order valence-electron chi connectivity index (χ4n) is 1.06. The first kappa shape index (κ1) is 14.1. The Bertz CT molecular complexity index is 458. The van der Waals surface area contributed by atoms with E-state index in [-0.39, 0.29) is 11.2 Å². The number of carboxylic acids is 2. The molecule has 1 heterocycles. The molecular formula is C8H8ClNO6. The van der Waals surface area contributed by atoms with Gasteiger partial charge in [-0.05, 0) is 6.92 Å². The van der Waals surface area contributed by atoms with E-state index in [0.29, 0.717) is 0 Å². The first-order chi connectivity index (χ1) is 6.86. The summed E-state index contributed by atoms with van der Waals surface area (Å²) in [6.07, 6.45) is 0. The molecule has 0 amide bonds. The Morgan fingerprint density at radius 2 is 1.62 bits per heavy atom. The quantitative estimate of drug-likeness (QED) is 0.645. The molecule has 0 saturated carbocycles. The standard InChI is InChI=1S/C8H6ClNO5.H2O/c1-2-5(11)3(7(12)13)4(8(14)15)6(9)10-2;/h11H,1H3,(H,12,13)(H,14,15);1H2. The maximum absolute atomic E-state index is 10.7. The second-order valence-electron chi connectivity index (χ2n) is 2.70. The van der Waals surface area contributed by atoms with E-state index in [9.17, 15) is 14.7 Å². The number of halogens is 1. The summed E-state index contributed by atoms with van der Waals surface area (Å²) >= 11 is 5.48. The van der Waals surface area contributed by atoms with Gasteiger partial charge in [-0.1, -0.05) is 11.6 Å². The first-order valence-corrected chi connectivity index (χ1v) is 4.09. The smallest absolute Gasteiger partial charge is 0.340 e. The minimum Gasteiger partial charge on any atom is -0.505 e. The molecule has 8 heteroatoms.